The van der Waals surface area contributed by atoms with Crippen molar-refractivity contribution in [3.8, 4) is 0 Å². The van der Waals surface area contributed by atoms with Gasteiger partial charge in [-0.3, -0.25) is 4.90 Å². The molecule has 0 aromatic heterocycles. The van der Waals surface area contributed by atoms with Crippen molar-refractivity contribution in [3.05, 3.63) is 25.3 Å². The van der Waals surface area contributed by atoms with Crippen molar-refractivity contribution in [2.75, 3.05) is 19.6 Å². The van der Waals surface area contributed by atoms with Crippen molar-refractivity contribution < 1.29 is 0 Å². The van der Waals surface area contributed by atoms with Gasteiger partial charge in [0.2, 0.25) is 0 Å². The van der Waals surface area contributed by atoms with Crippen LogP contribution >= 0.6 is 0 Å². The molecule has 0 spiro atoms. The van der Waals surface area contributed by atoms with Crippen LogP contribution in [0.3, 0.4) is 0 Å². The summed E-state index contributed by atoms with van der Waals surface area (Å²) in [5.41, 5.74) is -0.364. The average molecular weight is 305 g/mol. The SMILES string of the molecule is C=CCC1(C)NC(C)C[N]C1(CC=C)N1CC(C)NCC1C. The largest absolute Gasteiger partial charge is 0.311 e. The molecule has 2 N–H and O–H groups in total. The Bertz CT molecular complexity index is 410. The van der Waals surface area contributed by atoms with E-state index < -0.39 is 0 Å². The van der Waals surface area contributed by atoms with Crippen LogP contribution in [0.2, 0.25) is 0 Å². The second kappa shape index (κ2) is 6.83. The molecule has 2 saturated heterocycles. The Morgan fingerprint density at radius 1 is 1.18 bits per heavy atom. The van der Waals surface area contributed by atoms with Gasteiger partial charge in [0, 0.05) is 37.8 Å². The molecule has 0 aromatic rings. The van der Waals surface area contributed by atoms with Crippen molar-refractivity contribution in [2.45, 2.75) is 69.9 Å². The second-order valence-corrected chi connectivity index (χ2v) is 7.33. The van der Waals surface area contributed by atoms with Crippen LogP contribution in [0.15, 0.2) is 25.3 Å². The zero-order chi connectivity index (χ0) is 16.4. The molecule has 0 amide bonds. The average Bonchev–Trinajstić information content (AvgIpc) is 2.45. The summed E-state index contributed by atoms with van der Waals surface area (Å²) in [7, 11) is 0. The van der Waals surface area contributed by atoms with Crippen LogP contribution in [0, 0.1) is 0 Å². The van der Waals surface area contributed by atoms with E-state index in [-0.39, 0.29) is 11.2 Å². The van der Waals surface area contributed by atoms with E-state index in [9.17, 15) is 0 Å². The van der Waals surface area contributed by atoms with Gasteiger partial charge >= 0.3 is 0 Å². The van der Waals surface area contributed by atoms with Crippen molar-refractivity contribution >= 4 is 0 Å². The summed E-state index contributed by atoms with van der Waals surface area (Å²) in [4.78, 5) is 2.60. The first-order chi connectivity index (χ1) is 10.4. The van der Waals surface area contributed by atoms with Gasteiger partial charge in [0.05, 0.1) is 5.54 Å². The number of piperazine rings is 2. The summed E-state index contributed by atoms with van der Waals surface area (Å²) in [5, 5.41) is 12.6. The molecular weight excluding hydrogens is 272 g/mol. The highest BCUT2D eigenvalue weighted by Gasteiger charge is 2.55. The number of rotatable bonds is 5. The Balaban J connectivity index is 2.43. The molecule has 2 aliphatic heterocycles. The highest BCUT2D eigenvalue weighted by Crippen LogP contribution is 2.39. The van der Waals surface area contributed by atoms with E-state index in [2.05, 4.69) is 56.4 Å². The van der Waals surface area contributed by atoms with Gasteiger partial charge in [0.25, 0.3) is 0 Å². The van der Waals surface area contributed by atoms with Crippen molar-refractivity contribution in [3.63, 3.8) is 0 Å². The Hall–Kier alpha value is -0.680. The minimum absolute atomic E-state index is 0.119. The molecule has 1 radical (unpaired) electrons. The second-order valence-electron chi connectivity index (χ2n) is 7.33. The number of nitrogens with one attached hydrogen (secondary N) is 2. The fourth-order valence-corrected chi connectivity index (χ4v) is 4.23. The molecule has 5 unspecified atom stereocenters. The lowest BCUT2D eigenvalue weighted by molar-refractivity contribution is -0.0861. The Morgan fingerprint density at radius 3 is 2.50 bits per heavy atom. The van der Waals surface area contributed by atoms with Gasteiger partial charge in [-0.05, 0) is 40.5 Å². The number of nitrogens with zero attached hydrogens (tertiary/aromatic N) is 2. The monoisotopic (exact) mass is 305 g/mol. The maximum Gasteiger partial charge on any atom is 0.110 e. The van der Waals surface area contributed by atoms with Gasteiger partial charge in [-0.2, -0.15) is 0 Å². The van der Waals surface area contributed by atoms with Gasteiger partial charge in [0.1, 0.15) is 5.66 Å². The maximum absolute atomic E-state index is 5.23. The van der Waals surface area contributed by atoms with E-state index in [1.807, 2.05) is 12.2 Å². The Kier molecular flexibility index (Phi) is 5.49. The van der Waals surface area contributed by atoms with Crippen LogP contribution in [-0.2, 0) is 0 Å². The lowest BCUT2D eigenvalue weighted by atomic mass is 9.75. The van der Waals surface area contributed by atoms with E-state index in [1.165, 1.54) is 0 Å². The topological polar surface area (TPSA) is 41.4 Å². The molecule has 4 heteroatoms. The minimum atomic E-state index is -0.245. The maximum atomic E-state index is 5.23. The van der Waals surface area contributed by atoms with E-state index in [1.54, 1.807) is 0 Å². The molecule has 0 bridgehead atoms. The summed E-state index contributed by atoms with van der Waals surface area (Å²) in [6.45, 7) is 20.0. The van der Waals surface area contributed by atoms with Crippen molar-refractivity contribution in [1.29, 1.82) is 0 Å². The van der Waals surface area contributed by atoms with E-state index >= 15 is 0 Å². The molecule has 5 atom stereocenters. The van der Waals surface area contributed by atoms with Gasteiger partial charge in [0.15, 0.2) is 0 Å². The highest BCUT2D eigenvalue weighted by molar-refractivity contribution is 5.17. The lowest BCUT2D eigenvalue weighted by Gasteiger charge is -2.61. The minimum Gasteiger partial charge on any atom is -0.311 e. The van der Waals surface area contributed by atoms with E-state index in [4.69, 9.17) is 5.32 Å². The third-order valence-corrected chi connectivity index (χ3v) is 5.30. The third kappa shape index (κ3) is 3.02. The zero-order valence-corrected chi connectivity index (χ0v) is 14.7. The highest BCUT2D eigenvalue weighted by atomic mass is 15.4. The fourth-order valence-electron chi connectivity index (χ4n) is 4.23. The van der Waals surface area contributed by atoms with E-state index in [0.717, 1.165) is 32.5 Å². The first kappa shape index (κ1) is 17.7. The van der Waals surface area contributed by atoms with Crippen LogP contribution in [0.4, 0.5) is 0 Å². The van der Waals surface area contributed by atoms with Gasteiger partial charge < -0.3 is 10.6 Å². The predicted molar refractivity (Wildman–Crippen MR) is 94.0 cm³/mol. The standard InChI is InChI=1S/C18H33N4/c1-7-9-17(6)18(10-8-2,20-11-14(3)21-17)22-13-15(4)19-12-16(22)5/h7-8,14-16,19,21H,1-2,9-13H2,3-6H3. The molecule has 2 aliphatic rings. The molecule has 2 rings (SSSR count). The van der Waals surface area contributed by atoms with Gasteiger partial charge in [-0.15, -0.1) is 13.2 Å². The van der Waals surface area contributed by atoms with Crippen LogP contribution in [0.5, 0.6) is 0 Å². The van der Waals surface area contributed by atoms with Crippen LogP contribution in [0.1, 0.15) is 40.5 Å². The molecule has 2 fully saturated rings. The zero-order valence-electron chi connectivity index (χ0n) is 14.7. The van der Waals surface area contributed by atoms with E-state index in [0.29, 0.717) is 18.1 Å². The Morgan fingerprint density at radius 2 is 1.86 bits per heavy atom. The van der Waals surface area contributed by atoms with Crippen molar-refractivity contribution in [2.24, 2.45) is 0 Å². The molecule has 4 nitrogen and oxygen atoms in total. The summed E-state index contributed by atoms with van der Waals surface area (Å²) in [5.74, 6) is 0. The van der Waals surface area contributed by atoms with Crippen molar-refractivity contribution in [1.82, 2.24) is 20.9 Å². The molecule has 0 aromatic carbocycles. The number of hydrogen-bond donors (Lipinski definition) is 2. The van der Waals surface area contributed by atoms with Crippen LogP contribution < -0.4 is 16.0 Å². The fraction of sp³-hybridized carbons (Fsp3) is 0.778. The molecule has 0 aliphatic carbocycles. The summed E-state index contributed by atoms with van der Waals surface area (Å²) in [6, 6.07) is 1.35. The smallest absolute Gasteiger partial charge is 0.110 e. The van der Waals surface area contributed by atoms with Crippen LogP contribution in [0.25, 0.3) is 0 Å². The predicted octanol–water partition coefficient (Wildman–Crippen LogP) is 1.87. The summed E-state index contributed by atoms with van der Waals surface area (Å²) >= 11 is 0. The molecular formula is C18H33N4. The summed E-state index contributed by atoms with van der Waals surface area (Å²) in [6.07, 6.45) is 5.82. The molecule has 22 heavy (non-hydrogen) atoms. The summed E-state index contributed by atoms with van der Waals surface area (Å²) < 4.78 is 0. The molecule has 0 saturated carbocycles. The Labute approximate surface area is 136 Å². The van der Waals surface area contributed by atoms with Crippen LogP contribution in [-0.4, -0.2) is 53.9 Å². The third-order valence-electron chi connectivity index (χ3n) is 5.30. The normalized spacial score (nSPS) is 43.7. The number of hydrogen-bond acceptors (Lipinski definition) is 3. The van der Waals surface area contributed by atoms with Gasteiger partial charge in [-0.1, -0.05) is 12.2 Å². The molecule has 2 heterocycles. The van der Waals surface area contributed by atoms with Gasteiger partial charge in [-0.25, -0.2) is 5.32 Å². The first-order valence-corrected chi connectivity index (χ1v) is 8.57. The quantitative estimate of drug-likeness (QED) is 0.762. The lowest BCUT2D eigenvalue weighted by Crippen LogP contribution is -2.81. The molecule has 125 valence electrons. The first-order valence-electron chi connectivity index (χ1n) is 8.57.